The highest BCUT2D eigenvalue weighted by molar-refractivity contribution is 7.98. The molecule has 1 aromatic heterocycles. The van der Waals surface area contributed by atoms with E-state index in [0.29, 0.717) is 37.7 Å². The number of nitrogens with one attached hydrogen (secondary N) is 1. The maximum absolute atomic E-state index is 13.1. The number of unbranched alkanes of at least 4 members (excludes halogenated alkanes) is 1. The second-order valence-electron chi connectivity index (χ2n) is 10.2. The molecule has 3 aromatic rings. The van der Waals surface area contributed by atoms with Gasteiger partial charge in [-0.15, -0.1) is 24.9 Å². The van der Waals surface area contributed by atoms with Crippen molar-refractivity contribution in [3.05, 3.63) is 95.6 Å². The number of benzene rings is 2. The molecular formula is C35H42F3N3O4S. The van der Waals surface area contributed by atoms with E-state index in [4.69, 9.17) is 9.47 Å². The fraction of sp³-hybridized carbons (Fsp3) is 0.371. The summed E-state index contributed by atoms with van der Waals surface area (Å²) in [6, 6.07) is 11.7. The van der Waals surface area contributed by atoms with E-state index >= 15 is 0 Å². The molecule has 1 heterocycles. The highest BCUT2D eigenvalue weighted by atomic mass is 32.2. The number of carbonyl (C=O) groups excluding carboxylic acids is 1. The Morgan fingerprint density at radius 3 is 2.50 bits per heavy atom. The van der Waals surface area contributed by atoms with Gasteiger partial charge in [0.15, 0.2) is 0 Å². The zero-order valence-electron chi connectivity index (χ0n) is 26.7. The predicted octanol–water partition coefficient (Wildman–Crippen LogP) is 8.85. The van der Waals surface area contributed by atoms with E-state index in [1.807, 2.05) is 50.5 Å². The Morgan fingerprint density at radius 2 is 1.80 bits per heavy atom. The molecule has 2 aromatic carbocycles. The Kier molecular flexibility index (Phi) is 15.1. The molecule has 0 saturated carbocycles. The first-order valence-corrected chi connectivity index (χ1v) is 16.2. The number of hydrogen-bond donors (Lipinski definition) is 1. The fourth-order valence-electron chi connectivity index (χ4n) is 4.33. The summed E-state index contributed by atoms with van der Waals surface area (Å²) >= 11 is 1.66. The summed E-state index contributed by atoms with van der Waals surface area (Å²) in [6.45, 7) is 10.9. The molecule has 7 nitrogen and oxygen atoms in total. The van der Waals surface area contributed by atoms with Crippen LogP contribution in [0.5, 0.6) is 5.75 Å². The average Bonchev–Trinajstić information content (AvgIpc) is 3.39. The number of thioether (sulfide) groups is 1. The number of imidazole rings is 1. The van der Waals surface area contributed by atoms with Crippen LogP contribution >= 0.6 is 11.8 Å². The van der Waals surface area contributed by atoms with Gasteiger partial charge < -0.3 is 24.1 Å². The van der Waals surface area contributed by atoms with Crippen LogP contribution in [0.1, 0.15) is 56.1 Å². The SMILES string of the molecule is C/C=C(\C=C/COCCOCCCC)c1ccc(OC(F)(F)F)c(/C=C/C(=O)Nc2ccc(SCc3c(C)ncn3CC)cc2)c1. The van der Waals surface area contributed by atoms with Crippen molar-refractivity contribution in [3.63, 3.8) is 0 Å². The number of carbonyl (C=O) groups is 1. The number of hydrogen-bond acceptors (Lipinski definition) is 6. The Hall–Kier alpha value is -3.80. The summed E-state index contributed by atoms with van der Waals surface area (Å²) in [5.41, 5.74) is 4.26. The van der Waals surface area contributed by atoms with Crippen molar-refractivity contribution in [2.45, 2.75) is 64.1 Å². The van der Waals surface area contributed by atoms with Crippen LogP contribution in [-0.4, -0.2) is 48.2 Å². The monoisotopic (exact) mass is 657 g/mol. The molecule has 11 heteroatoms. The molecule has 1 amide bonds. The predicted molar refractivity (Wildman–Crippen MR) is 179 cm³/mol. The molecule has 0 unspecified atom stereocenters. The first-order chi connectivity index (χ1) is 22.1. The lowest BCUT2D eigenvalue weighted by Gasteiger charge is -2.13. The van der Waals surface area contributed by atoms with E-state index in [9.17, 15) is 18.0 Å². The van der Waals surface area contributed by atoms with Gasteiger partial charge in [0.25, 0.3) is 0 Å². The summed E-state index contributed by atoms with van der Waals surface area (Å²) in [5, 5.41) is 2.75. The molecule has 0 aliphatic rings. The molecule has 0 radical (unpaired) electrons. The molecule has 3 rings (SSSR count). The minimum Gasteiger partial charge on any atom is -0.405 e. The molecular weight excluding hydrogens is 615 g/mol. The van der Waals surface area contributed by atoms with Crippen molar-refractivity contribution in [2.75, 3.05) is 31.7 Å². The molecule has 0 fully saturated rings. The lowest BCUT2D eigenvalue weighted by molar-refractivity contribution is -0.274. The zero-order valence-corrected chi connectivity index (χ0v) is 27.5. The molecule has 0 saturated heterocycles. The van der Waals surface area contributed by atoms with Crippen molar-refractivity contribution in [1.29, 1.82) is 0 Å². The maximum atomic E-state index is 13.1. The minimum atomic E-state index is -4.89. The summed E-state index contributed by atoms with van der Waals surface area (Å²) in [5.74, 6) is -0.136. The summed E-state index contributed by atoms with van der Waals surface area (Å²) in [7, 11) is 0. The third-order valence-electron chi connectivity index (χ3n) is 6.81. The third-order valence-corrected chi connectivity index (χ3v) is 7.84. The Bertz CT molecular complexity index is 1480. The van der Waals surface area contributed by atoms with Gasteiger partial charge >= 0.3 is 6.36 Å². The molecule has 0 spiro atoms. The summed E-state index contributed by atoms with van der Waals surface area (Å²) in [4.78, 5) is 18.1. The Morgan fingerprint density at radius 1 is 1.04 bits per heavy atom. The van der Waals surface area contributed by atoms with Gasteiger partial charge in [-0.2, -0.15) is 0 Å². The average molecular weight is 658 g/mol. The number of amides is 1. The lowest BCUT2D eigenvalue weighted by Crippen LogP contribution is -2.17. The van der Waals surface area contributed by atoms with Crippen LogP contribution in [0.2, 0.25) is 0 Å². The molecule has 0 bridgehead atoms. The number of aromatic nitrogens is 2. The highest BCUT2D eigenvalue weighted by Crippen LogP contribution is 2.31. The van der Waals surface area contributed by atoms with Crippen LogP contribution in [0.3, 0.4) is 0 Å². The number of aryl methyl sites for hydroxylation is 2. The molecule has 248 valence electrons. The normalized spacial score (nSPS) is 12.4. The largest absolute Gasteiger partial charge is 0.573 e. The molecule has 0 aliphatic carbocycles. The molecule has 46 heavy (non-hydrogen) atoms. The number of alkyl halides is 3. The Balaban J connectivity index is 1.63. The number of allylic oxidation sites excluding steroid dienone is 3. The van der Waals surface area contributed by atoms with E-state index in [1.165, 1.54) is 30.0 Å². The van der Waals surface area contributed by atoms with Crippen molar-refractivity contribution < 1.29 is 32.2 Å². The van der Waals surface area contributed by atoms with Gasteiger partial charge in [-0.3, -0.25) is 4.79 Å². The Labute approximate surface area is 273 Å². The van der Waals surface area contributed by atoms with Crippen molar-refractivity contribution in [1.82, 2.24) is 9.55 Å². The molecule has 0 atom stereocenters. The van der Waals surface area contributed by atoms with E-state index in [0.717, 1.165) is 41.3 Å². The van der Waals surface area contributed by atoms with Crippen molar-refractivity contribution >= 4 is 35.0 Å². The smallest absolute Gasteiger partial charge is 0.405 e. The second kappa shape index (κ2) is 19.0. The van der Waals surface area contributed by atoms with Crippen molar-refractivity contribution in [3.8, 4) is 5.75 Å². The van der Waals surface area contributed by atoms with Gasteiger partial charge in [-0.05, 0) is 80.8 Å². The zero-order chi connectivity index (χ0) is 33.4. The van der Waals surface area contributed by atoms with Gasteiger partial charge in [0.05, 0.1) is 37.5 Å². The second-order valence-corrected chi connectivity index (χ2v) is 11.2. The van der Waals surface area contributed by atoms with Gasteiger partial charge in [0.2, 0.25) is 5.91 Å². The standard InChI is InChI=1S/C35H42F3N3O4S/c1-5-8-19-43-21-22-44-20-9-10-27(6-2)28-11-17-33(45-35(36,37)38)29(23-28)12-18-34(42)40-30-13-15-31(16-14-30)46-24-32-26(4)39-25-41(32)7-3/h6,9-18,23,25H,5,7-8,19-22,24H2,1-4H3,(H,40,42)/b10-9-,18-12+,27-6+. The van der Waals surface area contributed by atoms with E-state index in [1.54, 1.807) is 30.0 Å². The van der Waals surface area contributed by atoms with Crippen LogP contribution in [-0.2, 0) is 26.6 Å². The van der Waals surface area contributed by atoms with Gasteiger partial charge in [0.1, 0.15) is 5.75 Å². The summed E-state index contributed by atoms with van der Waals surface area (Å²) < 4.78 is 56.8. The number of nitrogens with zero attached hydrogens (tertiary/aromatic N) is 2. The fourth-order valence-corrected chi connectivity index (χ4v) is 5.34. The third kappa shape index (κ3) is 12.5. The number of anilines is 1. The van der Waals surface area contributed by atoms with E-state index in [2.05, 4.69) is 33.5 Å². The van der Waals surface area contributed by atoms with Gasteiger partial charge in [-0.1, -0.05) is 37.6 Å². The minimum absolute atomic E-state index is 0.103. The topological polar surface area (TPSA) is 74.6 Å². The first kappa shape index (κ1) is 36.7. The lowest BCUT2D eigenvalue weighted by atomic mass is 10.0. The molecule has 0 aliphatic heterocycles. The van der Waals surface area contributed by atoms with Crippen LogP contribution in [0.25, 0.3) is 11.6 Å². The van der Waals surface area contributed by atoms with E-state index < -0.39 is 18.0 Å². The van der Waals surface area contributed by atoms with Gasteiger partial charge in [0, 0.05) is 41.1 Å². The number of rotatable bonds is 18. The number of ether oxygens (including phenoxy) is 3. The summed E-state index contributed by atoms with van der Waals surface area (Å²) in [6.07, 6.45) is 7.03. The quantitative estimate of drug-likeness (QED) is 0.0638. The number of halogens is 3. The van der Waals surface area contributed by atoms with Crippen LogP contribution in [0.4, 0.5) is 18.9 Å². The maximum Gasteiger partial charge on any atom is 0.573 e. The van der Waals surface area contributed by atoms with Crippen molar-refractivity contribution in [2.24, 2.45) is 0 Å². The van der Waals surface area contributed by atoms with E-state index in [-0.39, 0.29) is 5.56 Å². The molecule has 1 N–H and O–H groups in total. The van der Waals surface area contributed by atoms with Gasteiger partial charge in [-0.25, -0.2) is 4.98 Å². The van der Waals surface area contributed by atoms with Crippen LogP contribution in [0, 0.1) is 6.92 Å². The first-order valence-electron chi connectivity index (χ1n) is 15.2. The van der Waals surface area contributed by atoms with Crippen LogP contribution in [0.15, 0.2) is 78.0 Å². The van der Waals surface area contributed by atoms with Crippen LogP contribution < -0.4 is 10.1 Å². The highest BCUT2D eigenvalue weighted by Gasteiger charge is 2.32.